The summed E-state index contributed by atoms with van der Waals surface area (Å²) < 4.78 is 5.40. The molecule has 0 aromatic heterocycles. The summed E-state index contributed by atoms with van der Waals surface area (Å²) in [5, 5.41) is 6.28. The van der Waals surface area contributed by atoms with E-state index in [2.05, 4.69) is 31.4 Å². The maximum atomic E-state index is 12.1. The van der Waals surface area contributed by atoms with E-state index in [9.17, 15) is 4.79 Å². The second-order valence-electron chi connectivity index (χ2n) is 9.22. The monoisotopic (exact) mass is 338 g/mol. The average Bonchev–Trinajstić information content (AvgIpc) is 2.54. The van der Waals surface area contributed by atoms with Crippen LogP contribution in [-0.2, 0) is 4.74 Å². The molecule has 4 nitrogen and oxygen atoms in total. The number of carbonyl (C=O) groups excluding carboxylic acids is 1. The van der Waals surface area contributed by atoms with Crippen molar-refractivity contribution in [2.75, 3.05) is 13.7 Å². The first kappa shape index (κ1) is 19.6. The van der Waals surface area contributed by atoms with Crippen LogP contribution in [0.3, 0.4) is 0 Å². The molecule has 2 amide bonds. The fourth-order valence-electron chi connectivity index (χ4n) is 4.42. The number of hydrogen-bond donors (Lipinski definition) is 2. The van der Waals surface area contributed by atoms with Crippen LogP contribution < -0.4 is 10.6 Å². The Balaban J connectivity index is 1.58. The van der Waals surface area contributed by atoms with E-state index < -0.39 is 0 Å². The SMILES string of the molecule is COC1CCC(CNC(=O)NC2CCC(CC(C)(C)C)CC2)CC1. The number of ether oxygens (including phenoxy) is 1. The van der Waals surface area contributed by atoms with Gasteiger partial charge >= 0.3 is 6.03 Å². The lowest BCUT2D eigenvalue weighted by molar-refractivity contribution is 0.0571. The minimum atomic E-state index is 0.0307. The van der Waals surface area contributed by atoms with Gasteiger partial charge in [0.2, 0.25) is 0 Å². The lowest BCUT2D eigenvalue weighted by Gasteiger charge is -2.33. The first-order chi connectivity index (χ1) is 11.4. The van der Waals surface area contributed by atoms with Crippen molar-refractivity contribution in [1.29, 1.82) is 0 Å². The highest BCUT2D eigenvalue weighted by Crippen LogP contribution is 2.34. The summed E-state index contributed by atoms with van der Waals surface area (Å²) >= 11 is 0. The molecule has 24 heavy (non-hydrogen) atoms. The Kier molecular flexibility index (Phi) is 7.39. The van der Waals surface area contributed by atoms with Gasteiger partial charge < -0.3 is 15.4 Å². The maximum absolute atomic E-state index is 12.1. The van der Waals surface area contributed by atoms with Crippen LogP contribution in [0.2, 0.25) is 0 Å². The molecule has 2 aliphatic carbocycles. The number of amides is 2. The molecular weight excluding hydrogens is 300 g/mol. The van der Waals surface area contributed by atoms with Crippen LogP contribution in [0.25, 0.3) is 0 Å². The molecule has 0 bridgehead atoms. The van der Waals surface area contributed by atoms with Gasteiger partial charge in [0.25, 0.3) is 0 Å². The molecule has 0 radical (unpaired) electrons. The zero-order chi connectivity index (χ0) is 17.6. The Labute approximate surface area is 148 Å². The summed E-state index contributed by atoms with van der Waals surface area (Å²) in [5.41, 5.74) is 0.421. The Hall–Kier alpha value is -0.770. The Morgan fingerprint density at radius 2 is 1.54 bits per heavy atom. The molecule has 0 spiro atoms. The third kappa shape index (κ3) is 7.00. The van der Waals surface area contributed by atoms with Crippen molar-refractivity contribution in [3.63, 3.8) is 0 Å². The van der Waals surface area contributed by atoms with Gasteiger partial charge in [-0.1, -0.05) is 20.8 Å². The van der Waals surface area contributed by atoms with Crippen LogP contribution in [0.1, 0.15) is 78.6 Å². The molecule has 2 N–H and O–H groups in total. The molecule has 0 unspecified atom stereocenters. The fraction of sp³-hybridized carbons (Fsp3) is 0.950. The quantitative estimate of drug-likeness (QED) is 0.776. The second-order valence-corrected chi connectivity index (χ2v) is 9.22. The number of rotatable bonds is 5. The smallest absolute Gasteiger partial charge is 0.315 e. The molecular formula is C20H38N2O2. The molecule has 0 heterocycles. The first-order valence-corrected chi connectivity index (χ1v) is 9.93. The Bertz CT molecular complexity index is 376. The minimum Gasteiger partial charge on any atom is -0.381 e. The summed E-state index contributed by atoms with van der Waals surface area (Å²) in [5.74, 6) is 1.45. The van der Waals surface area contributed by atoms with Gasteiger partial charge in [-0.05, 0) is 75.0 Å². The number of hydrogen-bond acceptors (Lipinski definition) is 2. The Morgan fingerprint density at radius 3 is 2.08 bits per heavy atom. The van der Waals surface area contributed by atoms with Crippen molar-refractivity contribution < 1.29 is 9.53 Å². The number of urea groups is 1. The highest BCUT2D eigenvalue weighted by Gasteiger charge is 2.26. The van der Waals surface area contributed by atoms with Crippen LogP contribution in [0.4, 0.5) is 4.79 Å². The normalized spacial score (nSPS) is 31.5. The van der Waals surface area contributed by atoms with Crippen LogP contribution >= 0.6 is 0 Å². The summed E-state index contributed by atoms with van der Waals surface area (Å²) in [6.45, 7) is 7.78. The van der Waals surface area contributed by atoms with E-state index in [4.69, 9.17) is 4.74 Å². The van der Waals surface area contributed by atoms with Gasteiger partial charge in [-0.15, -0.1) is 0 Å². The standard InChI is InChI=1S/C20H38N2O2/c1-20(2,3)13-15-5-9-17(10-6-15)22-19(23)21-14-16-7-11-18(24-4)12-8-16/h15-18H,5-14H2,1-4H3,(H2,21,22,23). The number of carbonyl (C=O) groups is 1. The summed E-state index contributed by atoms with van der Waals surface area (Å²) in [4.78, 5) is 12.1. The molecule has 2 aliphatic rings. The van der Waals surface area contributed by atoms with Gasteiger partial charge in [-0.2, -0.15) is 0 Å². The van der Waals surface area contributed by atoms with Crippen molar-refractivity contribution in [3.8, 4) is 0 Å². The zero-order valence-corrected chi connectivity index (χ0v) is 16.2. The van der Waals surface area contributed by atoms with E-state index in [1.54, 1.807) is 7.11 Å². The summed E-state index contributed by atoms with van der Waals surface area (Å²) in [6.07, 6.45) is 11.1. The van der Waals surface area contributed by atoms with Crippen LogP contribution in [0.5, 0.6) is 0 Å². The van der Waals surface area contributed by atoms with Gasteiger partial charge in [0.1, 0.15) is 0 Å². The molecule has 0 atom stereocenters. The van der Waals surface area contributed by atoms with Gasteiger partial charge in [-0.3, -0.25) is 0 Å². The predicted molar refractivity (Wildman–Crippen MR) is 99.1 cm³/mol. The summed E-state index contributed by atoms with van der Waals surface area (Å²) in [7, 11) is 1.80. The molecule has 0 aromatic rings. The third-order valence-corrected chi connectivity index (χ3v) is 5.76. The molecule has 0 saturated heterocycles. The molecule has 2 rings (SSSR count). The van der Waals surface area contributed by atoms with E-state index in [-0.39, 0.29) is 6.03 Å². The highest BCUT2D eigenvalue weighted by atomic mass is 16.5. The van der Waals surface area contributed by atoms with Crippen LogP contribution in [-0.4, -0.2) is 31.8 Å². The van der Waals surface area contributed by atoms with E-state index in [0.717, 1.165) is 51.0 Å². The van der Waals surface area contributed by atoms with Crippen molar-refractivity contribution in [2.45, 2.75) is 90.7 Å². The van der Waals surface area contributed by atoms with E-state index >= 15 is 0 Å². The van der Waals surface area contributed by atoms with Crippen LogP contribution in [0, 0.1) is 17.3 Å². The largest absolute Gasteiger partial charge is 0.381 e. The topological polar surface area (TPSA) is 50.4 Å². The second kappa shape index (κ2) is 9.07. The Morgan fingerprint density at radius 1 is 0.958 bits per heavy atom. The maximum Gasteiger partial charge on any atom is 0.315 e. The minimum absolute atomic E-state index is 0.0307. The van der Waals surface area contributed by atoms with Gasteiger partial charge in [-0.25, -0.2) is 4.79 Å². The molecule has 0 aliphatic heterocycles. The van der Waals surface area contributed by atoms with Crippen molar-refractivity contribution in [1.82, 2.24) is 10.6 Å². The van der Waals surface area contributed by atoms with Gasteiger partial charge in [0, 0.05) is 19.7 Å². The van der Waals surface area contributed by atoms with E-state index in [1.807, 2.05) is 0 Å². The van der Waals surface area contributed by atoms with E-state index in [0.29, 0.717) is 23.5 Å². The molecule has 140 valence electrons. The molecule has 2 saturated carbocycles. The molecule has 2 fully saturated rings. The van der Waals surface area contributed by atoms with Crippen molar-refractivity contribution in [3.05, 3.63) is 0 Å². The van der Waals surface area contributed by atoms with Crippen LogP contribution in [0.15, 0.2) is 0 Å². The van der Waals surface area contributed by atoms with Crippen molar-refractivity contribution >= 4 is 6.03 Å². The van der Waals surface area contributed by atoms with Gasteiger partial charge in [0.05, 0.1) is 6.10 Å². The highest BCUT2D eigenvalue weighted by molar-refractivity contribution is 5.74. The van der Waals surface area contributed by atoms with Crippen molar-refractivity contribution in [2.24, 2.45) is 17.3 Å². The third-order valence-electron chi connectivity index (χ3n) is 5.76. The molecule has 4 heteroatoms. The number of methoxy groups -OCH3 is 1. The number of nitrogens with one attached hydrogen (secondary N) is 2. The first-order valence-electron chi connectivity index (χ1n) is 9.93. The lowest BCUT2D eigenvalue weighted by atomic mass is 9.76. The average molecular weight is 339 g/mol. The predicted octanol–water partition coefficient (Wildman–Crippen LogP) is 4.49. The summed E-state index contributed by atoms with van der Waals surface area (Å²) in [6, 6.07) is 0.397. The van der Waals surface area contributed by atoms with Gasteiger partial charge in [0.15, 0.2) is 0 Å². The lowest BCUT2D eigenvalue weighted by Crippen LogP contribution is -2.45. The molecule has 0 aromatic carbocycles. The zero-order valence-electron chi connectivity index (χ0n) is 16.2. The van der Waals surface area contributed by atoms with E-state index in [1.165, 1.54) is 19.3 Å². The fourth-order valence-corrected chi connectivity index (χ4v) is 4.42.